The van der Waals surface area contributed by atoms with Crippen LogP contribution < -0.4 is 4.72 Å². The van der Waals surface area contributed by atoms with Crippen LogP contribution in [0, 0.1) is 11.7 Å². The molecule has 0 fully saturated rings. The summed E-state index contributed by atoms with van der Waals surface area (Å²) in [6.45, 7) is 5.32. The zero-order chi connectivity index (χ0) is 15.3. The predicted molar refractivity (Wildman–Crippen MR) is 76.2 cm³/mol. The van der Waals surface area contributed by atoms with Gasteiger partial charge in [-0.15, -0.1) is 0 Å². The molecule has 6 heteroatoms. The minimum Gasteiger partial charge on any atom is -0.392 e. The Labute approximate surface area is 120 Å². The van der Waals surface area contributed by atoms with Crippen molar-refractivity contribution in [1.29, 1.82) is 0 Å². The van der Waals surface area contributed by atoms with Crippen molar-refractivity contribution < 1.29 is 17.9 Å². The normalized spacial score (nSPS) is 13.7. The van der Waals surface area contributed by atoms with Gasteiger partial charge in [-0.1, -0.05) is 26.7 Å². The third kappa shape index (κ3) is 4.01. The van der Waals surface area contributed by atoms with Gasteiger partial charge < -0.3 is 5.11 Å². The summed E-state index contributed by atoms with van der Waals surface area (Å²) in [5.74, 6) is -0.359. The van der Waals surface area contributed by atoms with Gasteiger partial charge in [0.25, 0.3) is 0 Å². The molecule has 114 valence electrons. The van der Waals surface area contributed by atoms with Gasteiger partial charge in [0, 0.05) is 11.6 Å². The van der Waals surface area contributed by atoms with E-state index in [1.807, 2.05) is 20.8 Å². The summed E-state index contributed by atoms with van der Waals surface area (Å²) in [4.78, 5) is -0.0271. The van der Waals surface area contributed by atoms with Gasteiger partial charge in [0.05, 0.1) is 11.5 Å². The van der Waals surface area contributed by atoms with Crippen molar-refractivity contribution in [1.82, 2.24) is 4.72 Å². The molecule has 20 heavy (non-hydrogen) atoms. The molecule has 0 radical (unpaired) electrons. The smallest absolute Gasteiger partial charge is 0.240 e. The molecule has 0 heterocycles. The van der Waals surface area contributed by atoms with E-state index in [-0.39, 0.29) is 22.4 Å². The van der Waals surface area contributed by atoms with Crippen LogP contribution in [0.15, 0.2) is 23.1 Å². The minimum absolute atomic E-state index is 0.0249. The lowest BCUT2D eigenvalue weighted by Crippen LogP contribution is -2.37. The summed E-state index contributed by atoms with van der Waals surface area (Å²) in [5, 5.41) is 9.00. The lowest BCUT2D eigenvalue weighted by atomic mass is 9.96. The number of hydrogen-bond acceptors (Lipinski definition) is 3. The lowest BCUT2D eigenvalue weighted by molar-refractivity contribution is 0.275. The third-order valence-electron chi connectivity index (χ3n) is 3.59. The maximum Gasteiger partial charge on any atom is 0.240 e. The molecule has 4 nitrogen and oxygen atoms in total. The average Bonchev–Trinajstić information content (AvgIpc) is 2.39. The number of benzene rings is 1. The van der Waals surface area contributed by atoms with Crippen LogP contribution in [-0.2, 0) is 16.6 Å². The van der Waals surface area contributed by atoms with Crippen molar-refractivity contribution in [3.63, 3.8) is 0 Å². The number of nitrogens with one attached hydrogen (secondary N) is 1. The molecule has 1 unspecified atom stereocenters. The largest absolute Gasteiger partial charge is 0.392 e. The third-order valence-corrected chi connectivity index (χ3v) is 5.15. The predicted octanol–water partition coefficient (Wildman–Crippen LogP) is 2.42. The van der Waals surface area contributed by atoms with Gasteiger partial charge >= 0.3 is 0 Å². The summed E-state index contributed by atoms with van der Waals surface area (Å²) < 4.78 is 40.4. The number of hydrogen-bond donors (Lipinski definition) is 2. The molecule has 1 aromatic carbocycles. The Hall–Kier alpha value is -0.980. The van der Waals surface area contributed by atoms with Crippen molar-refractivity contribution >= 4 is 10.0 Å². The van der Waals surface area contributed by atoms with E-state index in [2.05, 4.69) is 4.72 Å². The standard InChI is InChI=1S/C14H22FNO3S/c1-4-11(5-2)10(3)16-20(18,19)13-6-7-14(15)12(8-13)9-17/h6-8,10-11,16-17H,4-5,9H2,1-3H3. The van der Waals surface area contributed by atoms with E-state index in [4.69, 9.17) is 5.11 Å². The summed E-state index contributed by atoms with van der Waals surface area (Å²) in [7, 11) is -3.70. The first-order valence-corrected chi connectivity index (χ1v) is 8.25. The van der Waals surface area contributed by atoms with E-state index >= 15 is 0 Å². The topological polar surface area (TPSA) is 66.4 Å². The SMILES string of the molecule is CCC(CC)C(C)NS(=O)(=O)c1ccc(F)c(CO)c1. The monoisotopic (exact) mass is 303 g/mol. The van der Waals surface area contributed by atoms with Crippen molar-refractivity contribution in [3.05, 3.63) is 29.6 Å². The highest BCUT2D eigenvalue weighted by molar-refractivity contribution is 7.89. The van der Waals surface area contributed by atoms with Crippen molar-refractivity contribution in [2.75, 3.05) is 0 Å². The maximum atomic E-state index is 13.3. The van der Waals surface area contributed by atoms with E-state index < -0.39 is 22.4 Å². The number of aliphatic hydroxyl groups is 1. The zero-order valence-electron chi connectivity index (χ0n) is 12.1. The Bertz CT molecular complexity index is 541. The Balaban J connectivity index is 2.99. The number of rotatable bonds is 7. The first-order valence-electron chi connectivity index (χ1n) is 6.77. The first kappa shape index (κ1) is 17.1. The Kier molecular flexibility index (Phi) is 6.10. The van der Waals surface area contributed by atoms with E-state index in [0.717, 1.165) is 25.0 Å². The molecule has 1 aromatic rings. The van der Waals surface area contributed by atoms with Crippen LogP contribution in [0.4, 0.5) is 4.39 Å². The summed E-state index contributed by atoms with van der Waals surface area (Å²) in [6.07, 6.45) is 1.76. The fourth-order valence-electron chi connectivity index (χ4n) is 2.24. The highest BCUT2D eigenvalue weighted by atomic mass is 32.2. The summed E-state index contributed by atoms with van der Waals surface area (Å²) in [6, 6.07) is 3.23. The number of aliphatic hydroxyl groups excluding tert-OH is 1. The van der Waals surface area contributed by atoms with Gasteiger partial charge in [0.1, 0.15) is 5.82 Å². The van der Waals surface area contributed by atoms with Crippen molar-refractivity contribution in [3.8, 4) is 0 Å². The Morgan fingerprint density at radius 2 is 1.90 bits per heavy atom. The van der Waals surface area contributed by atoms with Crippen LogP contribution >= 0.6 is 0 Å². The quantitative estimate of drug-likeness (QED) is 0.813. The van der Waals surface area contributed by atoms with E-state index in [1.54, 1.807) is 0 Å². The Morgan fingerprint density at radius 3 is 2.40 bits per heavy atom. The second-order valence-electron chi connectivity index (χ2n) is 4.90. The van der Waals surface area contributed by atoms with Crippen LogP contribution in [-0.4, -0.2) is 19.6 Å². The van der Waals surface area contributed by atoms with E-state index in [1.165, 1.54) is 6.07 Å². The molecular formula is C14H22FNO3S. The molecule has 0 aliphatic carbocycles. The number of sulfonamides is 1. The molecule has 0 spiro atoms. The average molecular weight is 303 g/mol. The van der Waals surface area contributed by atoms with Crippen LogP contribution in [0.2, 0.25) is 0 Å². The summed E-state index contributed by atoms with van der Waals surface area (Å²) >= 11 is 0. The first-order chi connectivity index (χ1) is 9.35. The molecule has 0 aliphatic rings. The van der Waals surface area contributed by atoms with Crippen molar-refractivity contribution in [2.24, 2.45) is 5.92 Å². The fraction of sp³-hybridized carbons (Fsp3) is 0.571. The molecule has 0 saturated carbocycles. The highest BCUT2D eigenvalue weighted by Crippen LogP contribution is 2.18. The molecule has 0 bridgehead atoms. The molecule has 1 rings (SSSR count). The highest BCUT2D eigenvalue weighted by Gasteiger charge is 2.22. The molecule has 2 N–H and O–H groups in total. The lowest BCUT2D eigenvalue weighted by Gasteiger charge is -2.22. The molecule has 0 saturated heterocycles. The number of halogens is 1. The van der Waals surface area contributed by atoms with Crippen LogP contribution in [0.5, 0.6) is 0 Å². The second kappa shape index (κ2) is 7.15. The van der Waals surface area contributed by atoms with E-state index in [9.17, 15) is 12.8 Å². The maximum absolute atomic E-state index is 13.3. The molecule has 0 aliphatic heterocycles. The van der Waals surface area contributed by atoms with Gasteiger partial charge in [-0.25, -0.2) is 17.5 Å². The summed E-state index contributed by atoms with van der Waals surface area (Å²) in [5.41, 5.74) is -0.0249. The van der Waals surface area contributed by atoms with E-state index in [0.29, 0.717) is 0 Å². The van der Waals surface area contributed by atoms with Gasteiger partial charge in [0.2, 0.25) is 10.0 Å². The molecule has 0 aromatic heterocycles. The van der Waals surface area contributed by atoms with Gasteiger partial charge in [-0.3, -0.25) is 0 Å². The van der Waals surface area contributed by atoms with Crippen molar-refractivity contribution in [2.45, 2.75) is 51.2 Å². The molecule has 1 atom stereocenters. The van der Waals surface area contributed by atoms with Gasteiger partial charge in [-0.2, -0.15) is 0 Å². The zero-order valence-corrected chi connectivity index (χ0v) is 12.9. The molecular weight excluding hydrogens is 281 g/mol. The van der Waals surface area contributed by atoms with Crippen LogP contribution in [0.3, 0.4) is 0 Å². The van der Waals surface area contributed by atoms with Crippen LogP contribution in [0.25, 0.3) is 0 Å². The second-order valence-corrected chi connectivity index (χ2v) is 6.61. The minimum atomic E-state index is -3.70. The Morgan fingerprint density at radius 1 is 1.30 bits per heavy atom. The van der Waals surface area contributed by atoms with Gasteiger partial charge in [-0.05, 0) is 31.0 Å². The van der Waals surface area contributed by atoms with Gasteiger partial charge in [0.15, 0.2) is 0 Å². The van der Waals surface area contributed by atoms with Crippen LogP contribution in [0.1, 0.15) is 39.2 Å². The fourth-order valence-corrected chi connectivity index (χ4v) is 3.61. The molecule has 0 amide bonds.